The highest BCUT2D eigenvalue weighted by atomic mass is 35.5. The summed E-state index contributed by atoms with van der Waals surface area (Å²) in [6, 6.07) is 0. The zero-order valence-corrected chi connectivity index (χ0v) is 6.44. The Bertz CT molecular complexity index is 187. The summed E-state index contributed by atoms with van der Waals surface area (Å²) in [5.41, 5.74) is 6.15. The molecule has 0 aromatic heterocycles. The lowest BCUT2D eigenvalue weighted by Crippen LogP contribution is -2.53. The molecule has 4 heteroatoms. The fourth-order valence-corrected chi connectivity index (χ4v) is 0.855. The maximum atomic E-state index is 5.94. The van der Waals surface area contributed by atoms with Crippen LogP contribution in [0.1, 0.15) is 0 Å². The van der Waals surface area contributed by atoms with Crippen molar-refractivity contribution >= 4 is 11.6 Å². The van der Waals surface area contributed by atoms with Crippen molar-refractivity contribution < 1.29 is 0 Å². The molecule has 0 aromatic carbocycles. The fourth-order valence-electron chi connectivity index (χ4n) is 0.729. The molecule has 3 nitrogen and oxygen atoms in total. The summed E-state index contributed by atoms with van der Waals surface area (Å²) < 4.78 is 0. The minimum Gasteiger partial charge on any atom is -0.398 e. The van der Waals surface area contributed by atoms with Gasteiger partial charge in [-0.25, -0.2) is 0 Å². The molecule has 0 fully saturated rings. The molecule has 1 aliphatic heterocycles. The number of nitrogens with two attached hydrogens (primary N) is 1. The van der Waals surface area contributed by atoms with Crippen molar-refractivity contribution in [2.75, 3.05) is 7.05 Å². The van der Waals surface area contributed by atoms with Crippen LogP contribution in [0.5, 0.6) is 0 Å². The van der Waals surface area contributed by atoms with E-state index in [2.05, 4.69) is 10.6 Å². The van der Waals surface area contributed by atoms with E-state index >= 15 is 0 Å². The number of nitrogens with one attached hydrogen (secondary N) is 2. The second-order valence-electron chi connectivity index (χ2n) is 2.03. The predicted molar refractivity (Wildman–Crippen MR) is 42.2 cm³/mol. The number of rotatable bonds is 1. The molecule has 0 amide bonds. The van der Waals surface area contributed by atoms with Crippen LogP contribution in [0.15, 0.2) is 24.0 Å². The Balaban J connectivity index is 2.81. The second-order valence-corrected chi connectivity index (χ2v) is 2.60. The molecule has 1 atom stereocenters. The van der Waals surface area contributed by atoms with Crippen molar-refractivity contribution in [3.8, 4) is 0 Å². The molecule has 4 N–H and O–H groups in total. The van der Waals surface area contributed by atoms with Crippen LogP contribution in [0.25, 0.3) is 0 Å². The smallest absolute Gasteiger partial charge is 0.206 e. The van der Waals surface area contributed by atoms with Crippen LogP contribution in [-0.4, -0.2) is 12.2 Å². The molecule has 0 aliphatic carbocycles. The Morgan fingerprint density at radius 3 is 2.90 bits per heavy atom. The quantitative estimate of drug-likeness (QED) is 0.375. The summed E-state index contributed by atoms with van der Waals surface area (Å²) in [6.45, 7) is 0. The Hall–Kier alpha value is -0.670. The molecular weight excluding hydrogens is 150 g/mol. The summed E-state index contributed by atoms with van der Waals surface area (Å²) in [5.74, 6) is 0. The normalized spacial score (nSPS) is 31.2. The zero-order valence-electron chi connectivity index (χ0n) is 5.69. The van der Waals surface area contributed by atoms with Gasteiger partial charge in [0, 0.05) is 0 Å². The summed E-state index contributed by atoms with van der Waals surface area (Å²) in [6.07, 6.45) is 5.28. The van der Waals surface area contributed by atoms with E-state index in [1.165, 1.54) is 0 Å². The highest BCUT2D eigenvalue weighted by molar-refractivity contribution is 6.25. The van der Waals surface area contributed by atoms with E-state index in [-0.39, 0.29) is 0 Å². The fraction of sp³-hybridized carbons (Fsp3) is 0.333. The van der Waals surface area contributed by atoms with E-state index < -0.39 is 5.12 Å². The molecule has 0 radical (unpaired) electrons. The molecule has 1 heterocycles. The van der Waals surface area contributed by atoms with Crippen molar-refractivity contribution in [1.82, 2.24) is 10.6 Å². The molecule has 0 spiro atoms. The highest BCUT2D eigenvalue weighted by Gasteiger charge is 2.27. The van der Waals surface area contributed by atoms with Crippen LogP contribution >= 0.6 is 11.6 Å². The highest BCUT2D eigenvalue weighted by Crippen LogP contribution is 2.16. The zero-order chi connectivity index (χ0) is 7.61. The van der Waals surface area contributed by atoms with Gasteiger partial charge in [-0.1, -0.05) is 11.6 Å². The minimum atomic E-state index is -0.797. The first-order valence-corrected chi connectivity index (χ1v) is 3.35. The van der Waals surface area contributed by atoms with Gasteiger partial charge in [0.05, 0.1) is 5.70 Å². The lowest BCUT2D eigenvalue weighted by atomic mass is 10.2. The first kappa shape index (κ1) is 7.44. The Morgan fingerprint density at radius 1 is 1.80 bits per heavy atom. The van der Waals surface area contributed by atoms with E-state index in [1.807, 2.05) is 0 Å². The largest absolute Gasteiger partial charge is 0.398 e. The maximum absolute atomic E-state index is 5.94. The molecule has 0 saturated heterocycles. The van der Waals surface area contributed by atoms with Gasteiger partial charge in [0.25, 0.3) is 0 Å². The first-order valence-electron chi connectivity index (χ1n) is 2.97. The Labute approximate surface area is 64.9 Å². The van der Waals surface area contributed by atoms with Gasteiger partial charge in [0.1, 0.15) is 0 Å². The average Bonchev–Trinajstić information content (AvgIpc) is 1.96. The third kappa shape index (κ3) is 1.10. The molecule has 1 aliphatic rings. The number of likely N-dealkylation sites (N-methyl/N-ethyl adjacent to an activating group) is 1. The molecule has 0 aromatic rings. The number of allylic oxidation sites excluding steroid dienone is 2. The molecule has 56 valence electrons. The van der Waals surface area contributed by atoms with E-state index in [4.69, 9.17) is 17.3 Å². The average molecular weight is 160 g/mol. The van der Waals surface area contributed by atoms with Crippen molar-refractivity contribution in [2.24, 2.45) is 5.73 Å². The molecule has 10 heavy (non-hydrogen) atoms. The van der Waals surface area contributed by atoms with Crippen LogP contribution in [0.4, 0.5) is 0 Å². The van der Waals surface area contributed by atoms with Crippen molar-refractivity contribution in [3.05, 3.63) is 24.0 Å². The summed E-state index contributed by atoms with van der Waals surface area (Å²) >= 11 is 5.94. The number of dihydropyridines is 1. The van der Waals surface area contributed by atoms with Crippen molar-refractivity contribution in [3.63, 3.8) is 0 Å². The topological polar surface area (TPSA) is 50.1 Å². The summed E-state index contributed by atoms with van der Waals surface area (Å²) in [7, 11) is 1.74. The van der Waals surface area contributed by atoms with E-state index in [1.54, 1.807) is 25.4 Å². The van der Waals surface area contributed by atoms with Gasteiger partial charge < -0.3 is 11.1 Å². The number of hydrogen-bond acceptors (Lipinski definition) is 3. The maximum Gasteiger partial charge on any atom is 0.206 e. The lowest BCUT2D eigenvalue weighted by molar-refractivity contribution is 0.506. The van der Waals surface area contributed by atoms with E-state index in [0.717, 1.165) is 0 Å². The van der Waals surface area contributed by atoms with Crippen LogP contribution in [0.2, 0.25) is 0 Å². The third-order valence-electron chi connectivity index (χ3n) is 1.40. The Kier molecular flexibility index (Phi) is 1.87. The number of hydrogen-bond donors (Lipinski definition) is 3. The van der Waals surface area contributed by atoms with Crippen LogP contribution in [0, 0.1) is 0 Å². The molecule has 0 saturated carbocycles. The van der Waals surface area contributed by atoms with Crippen LogP contribution < -0.4 is 16.4 Å². The minimum absolute atomic E-state index is 0.569. The van der Waals surface area contributed by atoms with Gasteiger partial charge in [0.2, 0.25) is 5.12 Å². The lowest BCUT2D eigenvalue weighted by Gasteiger charge is -2.29. The monoisotopic (exact) mass is 159 g/mol. The van der Waals surface area contributed by atoms with Gasteiger partial charge in [-0.3, -0.25) is 5.32 Å². The first-order chi connectivity index (χ1) is 4.69. The molecule has 1 unspecified atom stereocenters. The van der Waals surface area contributed by atoms with Gasteiger partial charge in [-0.2, -0.15) is 0 Å². The Morgan fingerprint density at radius 2 is 2.50 bits per heavy atom. The van der Waals surface area contributed by atoms with Gasteiger partial charge in [-0.15, -0.1) is 0 Å². The van der Waals surface area contributed by atoms with Crippen LogP contribution in [0.3, 0.4) is 0 Å². The molecule has 1 rings (SSSR count). The van der Waals surface area contributed by atoms with Gasteiger partial charge in [-0.05, 0) is 25.4 Å². The van der Waals surface area contributed by atoms with Gasteiger partial charge in [0.15, 0.2) is 0 Å². The number of halogens is 1. The van der Waals surface area contributed by atoms with Crippen molar-refractivity contribution in [2.45, 2.75) is 5.12 Å². The van der Waals surface area contributed by atoms with Crippen molar-refractivity contribution in [1.29, 1.82) is 0 Å². The SMILES string of the molecule is CNC1(Cl)NC=CC=C1N. The third-order valence-corrected chi connectivity index (χ3v) is 1.91. The van der Waals surface area contributed by atoms with Gasteiger partial charge >= 0.3 is 0 Å². The second kappa shape index (κ2) is 2.52. The number of alkyl halides is 1. The predicted octanol–water partition coefficient (Wildman–Crippen LogP) is 0.0579. The van der Waals surface area contributed by atoms with Crippen LogP contribution in [-0.2, 0) is 0 Å². The summed E-state index contributed by atoms with van der Waals surface area (Å²) in [4.78, 5) is 0. The van der Waals surface area contributed by atoms with E-state index in [9.17, 15) is 0 Å². The van der Waals surface area contributed by atoms with E-state index in [0.29, 0.717) is 5.70 Å². The molecular formula is C6H10ClN3. The molecule has 0 bridgehead atoms. The standard InChI is InChI=1S/C6H10ClN3/c1-9-6(7)5(8)3-2-4-10-6/h2-4,9-10H,8H2,1H3. The summed E-state index contributed by atoms with van der Waals surface area (Å²) in [5, 5.41) is 4.92.